The lowest BCUT2D eigenvalue weighted by Crippen LogP contribution is -2.51. The van der Waals surface area contributed by atoms with E-state index in [1.807, 2.05) is 4.90 Å². The van der Waals surface area contributed by atoms with Crippen LogP contribution in [-0.2, 0) is 6.54 Å². The van der Waals surface area contributed by atoms with E-state index in [-0.39, 0.29) is 30.4 Å². The van der Waals surface area contributed by atoms with E-state index in [1.165, 1.54) is 16.7 Å². The Hall–Kier alpha value is -1.63. The number of piperidine rings is 1. The molecule has 0 aromatic carbocycles. The van der Waals surface area contributed by atoms with Crippen LogP contribution in [-0.4, -0.2) is 39.1 Å². The number of nitrogens with zero attached hydrogens (tertiary/aromatic N) is 2. The van der Waals surface area contributed by atoms with Crippen molar-refractivity contribution in [3.05, 3.63) is 16.1 Å². The van der Waals surface area contributed by atoms with Gasteiger partial charge in [-0.1, -0.05) is 0 Å². The zero-order valence-corrected chi connectivity index (χ0v) is 12.4. The maximum atomic E-state index is 12.2. The summed E-state index contributed by atoms with van der Waals surface area (Å²) in [6, 6.07) is 0.381. The molecule has 110 valence electrons. The van der Waals surface area contributed by atoms with Crippen molar-refractivity contribution in [1.82, 2.24) is 15.2 Å². The largest absolute Gasteiger partial charge is 0.476 e. The molecule has 2 rings (SSSR count). The summed E-state index contributed by atoms with van der Waals surface area (Å²) in [6.45, 7) is 4.38. The van der Waals surface area contributed by atoms with E-state index in [0.29, 0.717) is 5.01 Å². The number of aromatic nitrogens is 1. The second kappa shape index (κ2) is 6.21. The highest BCUT2D eigenvalue weighted by atomic mass is 32.1. The predicted molar refractivity (Wildman–Crippen MR) is 75.9 cm³/mol. The van der Waals surface area contributed by atoms with Gasteiger partial charge in [0, 0.05) is 17.5 Å². The third kappa shape index (κ3) is 3.27. The van der Waals surface area contributed by atoms with Gasteiger partial charge in [0.1, 0.15) is 5.01 Å². The molecule has 6 nitrogen and oxygen atoms in total. The first-order valence-electron chi connectivity index (χ1n) is 6.73. The average molecular weight is 297 g/mol. The van der Waals surface area contributed by atoms with Crippen LogP contribution in [0.5, 0.6) is 0 Å². The highest BCUT2D eigenvalue weighted by Gasteiger charge is 2.28. The number of thiazole rings is 1. The summed E-state index contributed by atoms with van der Waals surface area (Å²) in [4.78, 5) is 28.8. The van der Waals surface area contributed by atoms with Crippen LogP contribution in [0.25, 0.3) is 0 Å². The van der Waals surface area contributed by atoms with Crippen LogP contribution in [0.3, 0.4) is 0 Å². The summed E-state index contributed by atoms with van der Waals surface area (Å²) >= 11 is 1.24. The van der Waals surface area contributed by atoms with Crippen molar-refractivity contribution < 1.29 is 14.7 Å². The van der Waals surface area contributed by atoms with E-state index < -0.39 is 5.97 Å². The molecule has 0 bridgehead atoms. The van der Waals surface area contributed by atoms with Gasteiger partial charge in [0.2, 0.25) is 0 Å². The molecule has 1 fully saturated rings. The smallest absolute Gasteiger partial charge is 0.355 e. The SMILES string of the molecule is CC1CCCC(C)N1C(=O)NCc1nc(C(=O)O)cs1. The lowest BCUT2D eigenvalue weighted by molar-refractivity contribution is 0.0691. The molecule has 1 aliphatic heterocycles. The number of carboxylic acids is 1. The van der Waals surface area contributed by atoms with E-state index in [0.717, 1.165) is 19.3 Å². The lowest BCUT2D eigenvalue weighted by Gasteiger charge is -2.38. The Bertz CT molecular complexity index is 493. The standard InChI is InChI=1S/C13H19N3O3S/c1-8-4-3-5-9(2)16(8)13(19)14-6-11-15-10(7-20-11)12(17)18/h7-9H,3-6H2,1-2H3,(H,14,19)(H,17,18). The van der Waals surface area contributed by atoms with E-state index in [2.05, 4.69) is 24.1 Å². The van der Waals surface area contributed by atoms with Crippen molar-refractivity contribution in [3.63, 3.8) is 0 Å². The van der Waals surface area contributed by atoms with Gasteiger partial charge in [-0.3, -0.25) is 0 Å². The van der Waals surface area contributed by atoms with Crippen LogP contribution >= 0.6 is 11.3 Å². The molecule has 1 saturated heterocycles. The van der Waals surface area contributed by atoms with Gasteiger partial charge in [-0.25, -0.2) is 14.6 Å². The number of carbonyl (C=O) groups is 2. The van der Waals surface area contributed by atoms with Crippen LogP contribution in [0.1, 0.15) is 48.6 Å². The molecule has 20 heavy (non-hydrogen) atoms. The summed E-state index contributed by atoms with van der Waals surface area (Å²) in [5.74, 6) is -1.04. The van der Waals surface area contributed by atoms with E-state index in [4.69, 9.17) is 5.11 Å². The second-order valence-corrected chi connectivity index (χ2v) is 6.07. The number of carbonyl (C=O) groups excluding carboxylic acids is 1. The number of hydrogen-bond acceptors (Lipinski definition) is 4. The quantitative estimate of drug-likeness (QED) is 0.897. The number of rotatable bonds is 3. The predicted octanol–water partition coefficient (Wildman–Crippen LogP) is 2.31. The third-order valence-corrected chi connectivity index (χ3v) is 4.44. The van der Waals surface area contributed by atoms with E-state index in [9.17, 15) is 9.59 Å². The molecule has 2 unspecified atom stereocenters. The van der Waals surface area contributed by atoms with Crippen molar-refractivity contribution in [2.24, 2.45) is 0 Å². The molecule has 7 heteroatoms. The first kappa shape index (κ1) is 14.8. The summed E-state index contributed by atoms with van der Waals surface area (Å²) in [6.07, 6.45) is 3.21. The monoisotopic (exact) mass is 297 g/mol. The maximum absolute atomic E-state index is 12.2. The third-order valence-electron chi connectivity index (χ3n) is 3.59. The molecule has 0 spiro atoms. The molecular weight excluding hydrogens is 278 g/mol. The van der Waals surface area contributed by atoms with Crippen LogP contribution in [0.4, 0.5) is 4.79 Å². The molecule has 1 aromatic rings. The number of nitrogens with one attached hydrogen (secondary N) is 1. The lowest BCUT2D eigenvalue weighted by atomic mass is 9.98. The number of hydrogen-bond donors (Lipinski definition) is 2. The first-order chi connectivity index (χ1) is 9.49. The minimum atomic E-state index is -1.04. The van der Waals surface area contributed by atoms with Crippen molar-refractivity contribution in [1.29, 1.82) is 0 Å². The normalized spacial score (nSPS) is 22.6. The van der Waals surface area contributed by atoms with Gasteiger partial charge in [0.25, 0.3) is 0 Å². The zero-order chi connectivity index (χ0) is 14.7. The number of likely N-dealkylation sites (tertiary alicyclic amines) is 1. The summed E-state index contributed by atoms with van der Waals surface area (Å²) in [7, 11) is 0. The highest BCUT2D eigenvalue weighted by Crippen LogP contribution is 2.22. The minimum absolute atomic E-state index is 0.0268. The summed E-state index contributed by atoms with van der Waals surface area (Å²) < 4.78 is 0. The number of aromatic carboxylic acids is 1. The molecule has 2 atom stereocenters. The van der Waals surface area contributed by atoms with E-state index >= 15 is 0 Å². The van der Waals surface area contributed by atoms with Gasteiger partial charge >= 0.3 is 12.0 Å². The highest BCUT2D eigenvalue weighted by molar-refractivity contribution is 7.09. The Morgan fingerprint density at radius 1 is 1.45 bits per heavy atom. The summed E-state index contributed by atoms with van der Waals surface area (Å²) in [5, 5.41) is 13.7. The van der Waals surface area contributed by atoms with Gasteiger partial charge in [-0.15, -0.1) is 11.3 Å². The Kier molecular flexibility index (Phi) is 4.59. The molecule has 2 N–H and O–H groups in total. The number of urea groups is 1. The van der Waals surface area contributed by atoms with Crippen LogP contribution in [0.2, 0.25) is 0 Å². The van der Waals surface area contributed by atoms with Gasteiger partial charge in [0.15, 0.2) is 5.69 Å². The van der Waals surface area contributed by atoms with Crippen molar-refractivity contribution >= 4 is 23.3 Å². The van der Waals surface area contributed by atoms with Crippen LogP contribution in [0.15, 0.2) is 5.38 Å². The zero-order valence-electron chi connectivity index (χ0n) is 11.6. The molecule has 2 amide bonds. The molecule has 0 radical (unpaired) electrons. The molecule has 2 heterocycles. The average Bonchev–Trinajstić information content (AvgIpc) is 2.85. The van der Waals surface area contributed by atoms with Gasteiger partial charge in [-0.2, -0.15) is 0 Å². The van der Waals surface area contributed by atoms with Crippen LogP contribution in [0, 0.1) is 0 Å². The van der Waals surface area contributed by atoms with Gasteiger partial charge < -0.3 is 15.3 Å². The fourth-order valence-electron chi connectivity index (χ4n) is 2.55. The molecular formula is C13H19N3O3S. The molecule has 1 aliphatic rings. The van der Waals surface area contributed by atoms with Crippen molar-refractivity contribution in [3.8, 4) is 0 Å². The Balaban J connectivity index is 1.92. The molecule has 0 saturated carbocycles. The Morgan fingerprint density at radius 3 is 2.65 bits per heavy atom. The van der Waals surface area contributed by atoms with Crippen LogP contribution < -0.4 is 5.32 Å². The topological polar surface area (TPSA) is 82.5 Å². The molecule has 0 aliphatic carbocycles. The van der Waals surface area contributed by atoms with Crippen molar-refractivity contribution in [2.45, 2.75) is 51.7 Å². The number of carboxylic acid groups (broad SMARTS) is 1. The van der Waals surface area contributed by atoms with Crippen molar-refractivity contribution in [2.75, 3.05) is 0 Å². The Labute approximate surface area is 121 Å². The molecule has 1 aromatic heterocycles. The fraction of sp³-hybridized carbons (Fsp3) is 0.615. The number of amides is 2. The first-order valence-corrected chi connectivity index (χ1v) is 7.61. The second-order valence-electron chi connectivity index (χ2n) is 5.13. The van der Waals surface area contributed by atoms with Gasteiger partial charge in [0.05, 0.1) is 6.54 Å². The van der Waals surface area contributed by atoms with Gasteiger partial charge in [-0.05, 0) is 33.1 Å². The summed E-state index contributed by atoms with van der Waals surface area (Å²) in [5.41, 5.74) is 0.0268. The van der Waals surface area contributed by atoms with E-state index in [1.54, 1.807) is 0 Å². The fourth-order valence-corrected chi connectivity index (χ4v) is 3.26. The maximum Gasteiger partial charge on any atom is 0.355 e. The Morgan fingerprint density at radius 2 is 2.10 bits per heavy atom. The minimum Gasteiger partial charge on any atom is -0.476 e.